The first-order valence-corrected chi connectivity index (χ1v) is 6.87. The van der Waals surface area contributed by atoms with E-state index in [9.17, 15) is 5.11 Å². The van der Waals surface area contributed by atoms with Gasteiger partial charge in [0.15, 0.2) is 0 Å². The fourth-order valence-electron chi connectivity index (χ4n) is 2.97. The lowest BCUT2D eigenvalue weighted by Gasteiger charge is -2.23. The molecule has 0 amide bonds. The molecule has 1 aliphatic carbocycles. The lowest BCUT2D eigenvalue weighted by molar-refractivity contribution is 0.121. The standard InChI is InChI=1S/C14H28O/c1-4-6-7-12(5-2)10-13-8-9-14(15)11(13)3/h11-15H,4-10H2,1-3H3. The molecule has 90 valence electrons. The van der Waals surface area contributed by atoms with E-state index in [1.807, 2.05) is 0 Å². The fraction of sp³-hybridized carbons (Fsp3) is 1.00. The summed E-state index contributed by atoms with van der Waals surface area (Å²) in [6.45, 7) is 6.82. The number of hydrogen-bond acceptors (Lipinski definition) is 1. The summed E-state index contributed by atoms with van der Waals surface area (Å²) in [6, 6.07) is 0. The molecule has 4 atom stereocenters. The monoisotopic (exact) mass is 212 g/mol. The third-order valence-corrected chi connectivity index (χ3v) is 4.36. The topological polar surface area (TPSA) is 20.2 Å². The van der Waals surface area contributed by atoms with Crippen LogP contribution in [0.4, 0.5) is 0 Å². The quantitative estimate of drug-likeness (QED) is 0.705. The van der Waals surface area contributed by atoms with Crippen LogP contribution in [0.3, 0.4) is 0 Å². The summed E-state index contributed by atoms with van der Waals surface area (Å²) in [4.78, 5) is 0. The summed E-state index contributed by atoms with van der Waals surface area (Å²) in [5.74, 6) is 2.24. The SMILES string of the molecule is CCCCC(CC)CC1CCC(O)C1C. The van der Waals surface area contributed by atoms with E-state index >= 15 is 0 Å². The zero-order valence-corrected chi connectivity index (χ0v) is 10.7. The lowest BCUT2D eigenvalue weighted by Crippen LogP contribution is -2.17. The summed E-state index contributed by atoms with van der Waals surface area (Å²) < 4.78 is 0. The molecule has 0 aromatic heterocycles. The van der Waals surface area contributed by atoms with Crippen molar-refractivity contribution in [1.82, 2.24) is 0 Å². The molecule has 0 saturated heterocycles. The van der Waals surface area contributed by atoms with Crippen LogP contribution in [0.1, 0.15) is 65.7 Å². The molecule has 0 aliphatic heterocycles. The van der Waals surface area contributed by atoms with Crippen LogP contribution in [0.5, 0.6) is 0 Å². The van der Waals surface area contributed by atoms with Gasteiger partial charge in [-0.15, -0.1) is 0 Å². The van der Waals surface area contributed by atoms with Gasteiger partial charge < -0.3 is 5.11 Å². The minimum absolute atomic E-state index is 0.0151. The second kappa shape index (κ2) is 6.52. The molecular weight excluding hydrogens is 184 g/mol. The van der Waals surface area contributed by atoms with E-state index < -0.39 is 0 Å². The van der Waals surface area contributed by atoms with Crippen molar-refractivity contribution < 1.29 is 5.11 Å². The predicted molar refractivity (Wildman–Crippen MR) is 65.8 cm³/mol. The first kappa shape index (κ1) is 13.0. The Morgan fingerprint density at radius 1 is 1.27 bits per heavy atom. The van der Waals surface area contributed by atoms with E-state index in [1.165, 1.54) is 38.5 Å². The van der Waals surface area contributed by atoms with Crippen LogP contribution in [-0.2, 0) is 0 Å². The predicted octanol–water partition coefficient (Wildman–Crippen LogP) is 4.00. The molecule has 0 aromatic rings. The highest BCUT2D eigenvalue weighted by Crippen LogP contribution is 2.37. The molecule has 0 spiro atoms. The van der Waals surface area contributed by atoms with E-state index in [4.69, 9.17) is 0 Å². The lowest BCUT2D eigenvalue weighted by atomic mass is 9.84. The van der Waals surface area contributed by atoms with Crippen LogP contribution in [0, 0.1) is 17.8 Å². The van der Waals surface area contributed by atoms with Gasteiger partial charge in [0.25, 0.3) is 0 Å². The second-order valence-corrected chi connectivity index (χ2v) is 5.42. The maximum absolute atomic E-state index is 9.73. The summed E-state index contributed by atoms with van der Waals surface area (Å²) in [5.41, 5.74) is 0. The number of rotatable bonds is 6. The Labute approximate surface area is 95.3 Å². The van der Waals surface area contributed by atoms with E-state index in [2.05, 4.69) is 20.8 Å². The minimum Gasteiger partial charge on any atom is -0.393 e. The van der Waals surface area contributed by atoms with Crippen molar-refractivity contribution >= 4 is 0 Å². The molecule has 0 bridgehead atoms. The van der Waals surface area contributed by atoms with Crippen molar-refractivity contribution in [3.05, 3.63) is 0 Å². The molecule has 1 rings (SSSR count). The molecule has 1 heteroatoms. The van der Waals surface area contributed by atoms with E-state index in [1.54, 1.807) is 0 Å². The number of unbranched alkanes of at least 4 members (excludes halogenated alkanes) is 1. The van der Waals surface area contributed by atoms with Crippen LogP contribution >= 0.6 is 0 Å². The highest BCUT2D eigenvalue weighted by atomic mass is 16.3. The van der Waals surface area contributed by atoms with Gasteiger partial charge in [-0.05, 0) is 37.0 Å². The third kappa shape index (κ3) is 3.79. The van der Waals surface area contributed by atoms with Gasteiger partial charge >= 0.3 is 0 Å². The van der Waals surface area contributed by atoms with Gasteiger partial charge in [0, 0.05) is 0 Å². The Balaban J connectivity index is 2.31. The van der Waals surface area contributed by atoms with Crippen molar-refractivity contribution in [2.45, 2.75) is 71.8 Å². The van der Waals surface area contributed by atoms with Gasteiger partial charge in [-0.1, -0.05) is 46.5 Å². The van der Waals surface area contributed by atoms with Gasteiger partial charge in [-0.3, -0.25) is 0 Å². The van der Waals surface area contributed by atoms with Crippen molar-refractivity contribution in [1.29, 1.82) is 0 Å². The maximum atomic E-state index is 9.73. The Morgan fingerprint density at radius 2 is 2.00 bits per heavy atom. The van der Waals surface area contributed by atoms with E-state index in [0.717, 1.165) is 18.3 Å². The molecule has 0 aromatic carbocycles. The van der Waals surface area contributed by atoms with Crippen molar-refractivity contribution in [2.75, 3.05) is 0 Å². The summed E-state index contributed by atoms with van der Waals surface area (Å²) in [6.07, 6.45) is 9.04. The Kier molecular flexibility index (Phi) is 5.66. The van der Waals surface area contributed by atoms with Crippen molar-refractivity contribution in [2.24, 2.45) is 17.8 Å². The van der Waals surface area contributed by atoms with E-state index in [0.29, 0.717) is 5.92 Å². The average molecular weight is 212 g/mol. The molecule has 4 unspecified atom stereocenters. The molecule has 0 radical (unpaired) electrons. The summed E-state index contributed by atoms with van der Waals surface area (Å²) in [7, 11) is 0. The van der Waals surface area contributed by atoms with Gasteiger partial charge in [0.05, 0.1) is 6.10 Å². The Bertz CT molecular complexity index is 167. The van der Waals surface area contributed by atoms with Crippen LogP contribution in [0.2, 0.25) is 0 Å². The fourth-order valence-corrected chi connectivity index (χ4v) is 2.97. The van der Waals surface area contributed by atoms with Crippen LogP contribution < -0.4 is 0 Å². The number of aliphatic hydroxyl groups is 1. The third-order valence-electron chi connectivity index (χ3n) is 4.36. The van der Waals surface area contributed by atoms with Gasteiger partial charge in [-0.25, -0.2) is 0 Å². The molecule has 1 nitrogen and oxygen atoms in total. The van der Waals surface area contributed by atoms with Crippen LogP contribution in [0.25, 0.3) is 0 Å². The van der Waals surface area contributed by atoms with Gasteiger partial charge in [0.1, 0.15) is 0 Å². The molecule has 1 N–H and O–H groups in total. The largest absolute Gasteiger partial charge is 0.393 e. The zero-order valence-electron chi connectivity index (χ0n) is 10.7. The maximum Gasteiger partial charge on any atom is 0.0568 e. The van der Waals surface area contributed by atoms with E-state index in [-0.39, 0.29) is 6.10 Å². The Hall–Kier alpha value is -0.0400. The first-order chi connectivity index (χ1) is 7.19. The van der Waals surface area contributed by atoms with Gasteiger partial charge in [-0.2, -0.15) is 0 Å². The van der Waals surface area contributed by atoms with Crippen molar-refractivity contribution in [3.8, 4) is 0 Å². The molecule has 1 aliphatic rings. The zero-order chi connectivity index (χ0) is 11.3. The highest BCUT2D eigenvalue weighted by molar-refractivity contribution is 4.83. The van der Waals surface area contributed by atoms with Crippen LogP contribution in [-0.4, -0.2) is 11.2 Å². The molecule has 15 heavy (non-hydrogen) atoms. The van der Waals surface area contributed by atoms with Crippen molar-refractivity contribution in [3.63, 3.8) is 0 Å². The highest BCUT2D eigenvalue weighted by Gasteiger charge is 2.32. The molecular formula is C14H28O. The minimum atomic E-state index is -0.0151. The normalized spacial score (nSPS) is 33.2. The molecule has 0 heterocycles. The molecule has 1 saturated carbocycles. The smallest absolute Gasteiger partial charge is 0.0568 e. The first-order valence-electron chi connectivity index (χ1n) is 6.87. The average Bonchev–Trinajstić information content (AvgIpc) is 2.55. The second-order valence-electron chi connectivity index (χ2n) is 5.42. The van der Waals surface area contributed by atoms with Gasteiger partial charge in [0.2, 0.25) is 0 Å². The Morgan fingerprint density at radius 3 is 2.47 bits per heavy atom. The summed E-state index contributed by atoms with van der Waals surface area (Å²) in [5, 5.41) is 9.73. The number of hydrogen-bond donors (Lipinski definition) is 1. The summed E-state index contributed by atoms with van der Waals surface area (Å²) >= 11 is 0. The number of aliphatic hydroxyl groups excluding tert-OH is 1. The molecule has 1 fully saturated rings. The van der Waals surface area contributed by atoms with Crippen LogP contribution in [0.15, 0.2) is 0 Å².